The highest BCUT2D eigenvalue weighted by Crippen LogP contribution is 2.21. The molecule has 13 heteroatoms. The number of nitrogens with two attached hydrogens (primary N) is 1. The van der Waals surface area contributed by atoms with Crippen molar-refractivity contribution in [2.24, 2.45) is 0 Å². The molecular formula is C32H45F2N9O2. The maximum absolute atomic E-state index is 13.6. The fourth-order valence-corrected chi connectivity index (χ4v) is 5.03. The van der Waals surface area contributed by atoms with E-state index in [9.17, 15) is 13.6 Å². The monoisotopic (exact) mass is 625 g/mol. The second-order valence-corrected chi connectivity index (χ2v) is 12.2. The molecule has 0 radical (unpaired) electrons. The third-order valence-corrected chi connectivity index (χ3v) is 7.32. The molecule has 0 atom stereocenters. The van der Waals surface area contributed by atoms with Crippen LogP contribution in [0.2, 0.25) is 0 Å². The van der Waals surface area contributed by atoms with Gasteiger partial charge in [0.15, 0.2) is 5.82 Å². The Bertz CT molecular complexity index is 1430. The Kier molecular flexibility index (Phi) is 11.7. The number of carbonyl (C=O) groups is 1. The van der Waals surface area contributed by atoms with Gasteiger partial charge in [0.25, 0.3) is 0 Å². The largest absolute Gasteiger partial charge is 0.444 e. The minimum absolute atomic E-state index is 0.162. The number of anilines is 3. The fraction of sp³-hybridized carbons (Fsp3) is 0.500. The Labute approximate surface area is 263 Å². The smallest absolute Gasteiger partial charge is 0.407 e. The lowest BCUT2D eigenvalue weighted by molar-refractivity contribution is 0.0527. The highest BCUT2D eigenvalue weighted by Gasteiger charge is 2.18. The molecule has 4 N–H and O–H groups in total. The van der Waals surface area contributed by atoms with Crippen LogP contribution in [0.5, 0.6) is 0 Å². The zero-order valence-corrected chi connectivity index (χ0v) is 26.7. The van der Waals surface area contributed by atoms with Crippen LogP contribution in [-0.4, -0.2) is 82.2 Å². The lowest BCUT2D eigenvalue weighted by Gasteiger charge is -2.35. The van der Waals surface area contributed by atoms with Gasteiger partial charge in [-0.1, -0.05) is 25.0 Å². The zero-order chi connectivity index (χ0) is 32.4. The third kappa shape index (κ3) is 10.7. The van der Waals surface area contributed by atoms with E-state index in [1.54, 1.807) is 10.9 Å². The number of hydrogen-bond acceptors (Lipinski definition) is 9. The molecule has 3 heterocycles. The van der Waals surface area contributed by atoms with Crippen molar-refractivity contribution >= 4 is 29.6 Å². The molecule has 244 valence electrons. The van der Waals surface area contributed by atoms with E-state index in [-0.39, 0.29) is 12.0 Å². The quantitative estimate of drug-likeness (QED) is 0.221. The molecule has 1 fully saturated rings. The van der Waals surface area contributed by atoms with E-state index in [1.807, 2.05) is 44.7 Å². The Morgan fingerprint density at radius 3 is 2.38 bits per heavy atom. The number of ether oxygens (including phenoxy) is 1. The van der Waals surface area contributed by atoms with Gasteiger partial charge in [0, 0.05) is 69.2 Å². The first-order valence-corrected chi connectivity index (χ1v) is 15.5. The summed E-state index contributed by atoms with van der Waals surface area (Å²) in [6.45, 7) is 12.6. The van der Waals surface area contributed by atoms with E-state index < -0.39 is 17.2 Å². The standard InChI is InChI=1S/C32H45F2N9O2/c1-23-24(10-9-13-41-14-16-42(17-15-41)27-19-25(33)18-26(34)20-27)22-38-43(23)29-21-28(39-30(35)40-29)36-11-7-5-6-8-12-37-31(44)45-32(2,3)4/h9-10,18-22H,5-8,11-17H2,1-4H3,(H,37,44)(H3,35,36,39,40). The van der Waals surface area contributed by atoms with Crippen LogP contribution in [0.25, 0.3) is 11.9 Å². The maximum atomic E-state index is 13.6. The maximum Gasteiger partial charge on any atom is 0.407 e. The summed E-state index contributed by atoms with van der Waals surface area (Å²) in [5, 5.41) is 10.6. The first-order valence-electron chi connectivity index (χ1n) is 15.5. The van der Waals surface area contributed by atoms with Gasteiger partial charge in [-0.05, 0) is 52.7 Å². The Balaban J connectivity index is 1.20. The van der Waals surface area contributed by atoms with Crippen LogP contribution in [-0.2, 0) is 4.74 Å². The number of unbranched alkanes of at least 4 members (excludes halogenated alkanes) is 3. The van der Waals surface area contributed by atoms with E-state index in [1.165, 1.54) is 12.1 Å². The van der Waals surface area contributed by atoms with Gasteiger partial charge in [-0.15, -0.1) is 0 Å². The fourth-order valence-electron chi connectivity index (χ4n) is 5.03. The molecule has 1 saturated heterocycles. The summed E-state index contributed by atoms with van der Waals surface area (Å²) in [5.41, 5.74) is 8.00. The van der Waals surface area contributed by atoms with Gasteiger partial charge < -0.3 is 26.0 Å². The molecule has 0 spiro atoms. The number of alkyl carbamates (subject to hydrolysis) is 1. The van der Waals surface area contributed by atoms with Crippen LogP contribution in [0.3, 0.4) is 0 Å². The SMILES string of the molecule is Cc1c(C=CCN2CCN(c3cc(F)cc(F)c3)CC2)cnn1-c1cc(NCCCCCCNC(=O)OC(C)(C)C)nc(N)n1. The number of carbonyl (C=O) groups excluding carboxylic acids is 1. The van der Waals surface area contributed by atoms with Crippen molar-refractivity contribution in [3.8, 4) is 5.82 Å². The van der Waals surface area contributed by atoms with E-state index in [2.05, 4.69) is 36.7 Å². The van der Waals surface area contributed by atoms with Gasteiger partial charge in [0.05, 0.1) is 11.9 Å². The molecule has 1 amide bonds. The summed E-state index contributed by atoms with van der Waals surface area (Å²) in [4.78, 5) is 24.7. The first kappa shape index (κ1) is 33.6. The first-order chi connectivity index (χ1) is 21.5. The van der Waals surface area contributed by atoms with Crippen LogP contribution in [0.4, 0.5) is 31.0 Å². The number of nitrogens with one attached hydrogen (secondary N) is 2. The molecule has 0 aliphatic carbocycles. The second-order valence-electron chi connectivity index (χ2n) is 12.2. The number of aromatic nitrogens is 4. The van der Waals surface area contributed by atoms with Gasteiger partial charge in [-0.3, -0.25) is 4.90 Å². The number of halogens is 2. The normalized spacial score (nSPS) is 14.2. The van der Waals surface area contributed by atoms with E-state index in [0.717, 1.165) is 69.2 Å². The van der Waals surface area contributed by atoms with Crippen LogP contribution >= 0.6 is 0 Å². The molecule has 3 aromatic rings. The number of piperazine rings is 1. The minimum atomic E-state index is -0.557. The van der Waals surface area contributed by atoms with Gasteiger partial charge in [0.1, 0.15) is 23.1 Å². The number of amides is 1. The minimum Gasteiger partial charge on any atom is -0.444 e. The van der Waals surface area contributed by atoms with Crippen molar-refractivity contribution in [3.05, 3.63) is 59.4 Å². The summed E-state index contributed by atoms with van der Waals surface area (Å²) < 4.78 is 34.2. The lowest BCUT2D eigenvalue weighted by atomic mass is 10.2. The Morgan fingerprint density at radius 1 is 1.00 bits per heavy atom. The topological polar surface area (TPSA) is 126 Å². The van der Waals surface area contributed by atoms with Gasteiger partial charge >= 0.3 is 6.09 Å². The molecule has 1 aromatic carbocycles. The van der Waals surface area contributed by atoms with E-state index in [4.69, 9.17) is 10.5 Å². The Hall–Kier alpha value is -4.26. The van der Waals surface area contributed by atoms with Crippen LogP contribution < -0.4 is 21.3 Å². The average Bonchev–Trinajstić information content (AvgIpc) is 3.33. The van der Waals surface area contributed by atoms with Gasteiger partial charge in [0.2, 0.25) is 5.95 Å². The number of nitrogen functional groups attached to an aromatic ring is 1. The highest BCUT2D eigenvalue weighted by molar-refractivity contribution is 5.67. The lowest BCUT2D eigenvalue weighted by Crippen LogP contribution is -2.46. The Morgan fingerprint density at radius 2 is 1.69 bits per heavy atom. The van der Waals surface area contributed by atoms with Crippen molar-refractivity contribution in [1.29, 1.82) is 0 Å². The number of rotatable bonds is 13. The number of nitrogens with zero attached hydrogens (tertiary/aromatic N) is 6. The highest BCUT2D eigenvalue weighted by atomic mass is 19.1. The number of hydrogen-bond donors (Lipinski definition) is 3. The molecule has 4 rings (SSSR count). The molecule has 1 aliphatic heterocycles. The molecule has 0 unspecified atom stereocenters. The van der Waals surface area contributed by atoms with E-state index >= 15 is 0 Å². The molecule has 1 aliphatic rings. The predicted molar refractivity (Wildman–Crippen MR) is 174 cm³/mol. The van der Waals surface area contributed by atoms with Crippen molar-refractivity contribution in [3.63, 3.8) is 0 Å². The van der Waals surface area contributed by atoms with Crippen LogP contribution in [0, 0.1) is 18.6 Å². The van der Waals surface area contributed by atoms with Gasteiger partial charge in [-0.25, -0.2) is 18.3 Å². The number of benzene rings is 1. The van der Waals surface area contributed by atoms with Crippen LogP contribution in [0.1, 0.15) is 57.7 Å². The molecule has 0 bridgehead atoms. The van der Waals surface area contributed by atoms with Crippen molar-refractivity contribution in [1.82, 2.24) is 30.0 Å². The van der Waals surface area contributed by atoms with Crippen molar-refractivity contribution < 1.29 is 18.3 Å². The average molecular weight is 626 g/mol. The molecular weight excluding hydrogens is 580 g/mol. The van der Waals surface area contributed by atoms with Crippen molar-refractivity contribution in [2.45, 2.75) is 59.0 Å². The van der Waals surface area contributed by atoms with Crippen molar-refractivity contribution in [2.75, 3.05) is 61.8 Å². The summed E-state index contributed by atoms with van der Waals surface area (Å²) in [5.74, 6) is 0.267. The summed E-state index contributed by atoms with van der Waals surface area (Å²) >= 11 is 0. The van der Waals surface area contributed by atoms with Crippen LogP contribution in [0.15, 0.2) is 36.5 Å². The summed E-state index contributed by atoms with van der Waals surface area (Å²) in [6, 6.07) is 5.48. The predicted octanol–water partition coefficient (Wildman–Crippen LogP) is 5.16. The zero-order valence-electron chi connectivity index (χ0n) is 26.7. The summed E-state index contributed by atoms with van der Waals surface area (Å²) in [6.07, 6.45) is 9.38. The molecule has 45 heavy (non-hydrogen) atoms. The molecule has 0 saturated carbocycles. The third-order valence-electron chi connectivity index (χ3n) is 7.32. The second kappa shape index (κ2) is 15.6. The summed E-state index contributed by atoms with van der Waals surface area (Å²) in [7, 11) is 0. The van der Waals surface area contributed by atoms with Gasteiger partial charge in [-0.2, -0.15) is 15.1 Å². The van der Waals surface area contributed by atoms with E-state index in [0.29, 0.717) is 37.0 Å². The molecule has 11 nitrogen and oxygen atoms in total. The molecule has 2 aromatic heterocycles.